The smallest absolute Gasteiger partial charge is 0.545 e. The number of carbonyl (C=O) groups excluding carboxylic acids is 1. The van der Waals surface area contributed by atoms with Crippen molar-refractivity contribution in [2.45, 2.75) is 0 Å². The van der Waals surface area contributed by atoms with E-state index in [-0.39, 0.29) is 77.0 Å². The van der Waals surface area contributed by atoms with Gasteiger partial charge in [0.05, 0.1) is 5.97 Å². The summed E-state index contributed by atoms with van der Waals surface area (Å²) in [6, 6.07) is 17.3. The first-order valence-electron chi connectivity index (χ1n) is 8.17. The van der Waals surface area contributed by atoms with Gasteiger partial charge in [0.2, 0.25) is 0 Å². The summed E-state index contributed by atoms with van der Waals surface area (Å²) in [7, 11) is 0. The van der Waals surface area contributed by atoms with E-state index in [0.29, 0.717) is 0 Å². The van der Waals surface area contributed by atoms with E-state index in [0.717, 1.165) is 0 Å². The number of aromatic carboxylic acids is 3. The number of hydrogen-bond donors (Lipinski definition) is 5. The van der Waals surface area contributed by atoms with Crippen LogP contribution in [0.25, 0.3) is 0 Å². The van der Waals surface area contributed by atoms with Gasteiger partial charge in [0, 0.05) is 5.56 Å². The van der Waals surface area contributed by atoms with Gasteiger partial charge in [0.15, 0.2) is 0 Å². The predicted molar refractivity (Wildman–Crippen MR) is 113 cm³/mol. The van der Waals surface area contributed by atoms with Crippen LogP contribution in [0.2, 0.25) is 0 Å². The van der Waals surface area contributed by atoms with Gasteiger partial charge in [-0.05, 0) is 36.4 Å². The molecule has 0 amide bonds. The summed E-state index contributed by atoms with van der Waals surface area (Å²) in [5.41, 5.74) is -0.312. The van der Waals surface area contributed by atoms with Crippen LogP contribution in [0.1, 0.15) is 31.1 Å². The first-order chi connectivity index (χ1) is 14.1. The molecule has 32 heavy (non-hydrogen) atoms. The predicted octanol–water partition coefficient (Wildman–Crippen LogP) is -0.947. The summed E-state index contributed by atoms with van der Waals surface area (Å²) in [6.07, 6.45) is 0. The van der Waals surface area contributed by atoms with E-state index in [9.17, 15) is 19.5 Å². The van der Waals surface area contributed by atoms with E-state index < -0.39 is 17.9 Å². The molecule has 0 aliphatic heterocycles. The molecule has 3 rings (SSSR count). The van der Waals surface area contributed by atoms with Gasteiger partial charge in [-0.3, -0.25) is 0 Å². The summed E-state index contributed by atoms with van der Waals surface area (Å²) in [4.78, 5) is 30.7. The van der Waals surface area contributed by atoms with Gasteiger partial charge in [-0.2, -0.15) is 13.5 Å². The van der Waals surface area contributed by atoms with Crippen LogP contribution in [0.3, 0.4) is 0 Å². The zero-order valence-electron chi connectivity index (χ0n) is 16.8. The fourth-order valence-corrected chi connectivity index (χ4v) is 1.96. The van der Waals surface area contributed by atoms with Crippen LogP contribution in [0.15, 0.2) is 72.8 Å². The van der Waals surface area contributed by atoms with Crippen LogP contribution in [-0.2, 0) is 0 Å². The van der Waals surface area contributed by atoms with Crippen molar-refractivity contribution in [1.82, 2.24) is 0 Å². The molecule has 3 aromatic carbocycles. The minimum Gasteiger partial charge on any atom is -0.545 e. The van der Waals surface area contributed by atoms with Crippen LogP contribution in [0.4, 0.5) is 0 Å². The molecule has 11 heteroatoms. The molecule has 0 saturated heterocycles. The monoisotopic (exact) mass is 470 g/mol. The Morgan fingerprint density at radius 1 is 0.562 bits per heavy atom. The number of hydrogen-bond acceptors (Lipinski definition) is 7. The summed E-state index contributed by atoms with van der Waals surface area (Å²) in [6.45, 7) is 0. The van der Waals surface area contributed by atoms with Gasteiger partial charge in [-0.25, -0.2) is 9.59 Å². The molecule has 0 atom stereocenters. The molecule has 0 aliphatic rings. The van der Waals surface area contributed by atoms with Crippen LogP contribution in [0.5, 0.6) is 17.2 Å². The third-order valence-electron chi connectivity index (χ3n) is 3.39. The second-order valence-electron chi connectivity index (χ2n) is 5.45. The summed E-state index contributed by atoms with van der Waals surface area (Å²) in [5.74, 6) is -4.25. The van der Waals surface area contributed by atoms with E-state index in [1.807, 2.05) is 0 Å². The van der Waals surface area contributed by atoms with Gasteiger partial charge in [-0.1, -0.05) is 36.4 Å². The number of carboxylic acids is 3. The fraction of sp³-hybridized carbons (Fsp3) is 0. The third kappa shape index (κ3) is 10.2. The second-order valence-corrected chi connectivity index (χ2v) is 5.45. The number of rotatable bonds is 3. The van der Waals surface area contributed by atoms with Crippen LogP contribution in [-0.4, -0.2) is 43.4 Å². The Morgan fingerprint density at radius 3 is 0.969 bits per heavy atom. The molecule has 0 heterocycles. The number of aromatic hydroxyl groups is 3. The van der Waals surface area contributed by atoms with Crippen molar-refractivity contribution >= 4 is 31.4 Å². The van der Waals surface area contributed by atoms with E-state index in [1.54, 1.807) is 30.3 Å². The molecule has 0 aliphatic carbocycles. The quantitative estimate of drug-likeness (QED) is 0.302. The maximum Gasteiger partial charge on any atom is 1.00 e. The molecule has 0 saturated carbocycles. The Labute approximate surface area is 212 Å². The maximum atomic E-state index is 10.3. The fourth-order valence-electron chi connectivity index (χ4n) is 1.96. The SMILES string of the molecule is O=C(O)c1ccccc1O.O=C(O)c1ccccc1O.O=C([O-])c1ccccc1O.S.[Na+]. The molecule has 164 valence electrons. The van der Waals surface area contributed by atoms with Crippen molar-refractivity contribution in [3.05, 3.63) is 89.5 Å². The molecule has 0 bridgehead atoms. The van der Waals surface area contributed by atoms with E-state index in [1.165, 1.54) is 42.5 Å². The molecular formula is C21H19NaO9S. The Hall–Kier alpha value is -3.18. The van der Waals surface area contributed by atoms with Crippen LogP contribution < -0.4 is 34.7 Å². The van der Waals surface area contributed by atoms with Gasteiger partial charge in [0.25, 0.3) is 0 Å². The normalized spacial score (nSPS) is 8.62. The van der Waals surface area contributed by atoms with Gasteiger partial charge in [0.1, 0.15) is 28.4 Å². The molecule has 3 aromatic rings. The van der Waals surface area contributed by atoms with E-state index in [4.69, 9.17) is 25.5 Å². The Morgan fingerprint density at radius 2 is 0.812 bits per heavy atom. The summed E-state index contributed by atoms with van der Waals surface area (Å²) in [5, 5.41) is 53.6. The number of carboxylic acid groups (broad SMARTS) is 3. The molecule has 0 aromatic heterocycles. The van der Waals surface area contributed by atoms with Crippen molar-refractivity contribution in [1.29, 1.82) is 0 Å². The van der Waals surface area contributed by atoms with Crippen molar-refractivity contribution in [2.24, 2.45) is 0 Å². The zero-order chi connectivity index (χ0) is 22.7. The Bertz CT molecular complexity index is 909. The molecule has 9 nitrogen and oxygen atoms in total. The minimum absolute atomic E-state index is 0. The second kappa shape index (κ2) is 15.6. The number of benzene rings is 3. The number of para-hydroxylation sites is 3. The minimum atomic E-state index is -1.36. The molecule has 0 radical (unpaired) electrons. The standard InChI is InChI=1S/3C7H6O3.Na.H2S/c3*8-6-4-2-1-3-5(6)7(9)10;;/h3*1-4,8H,(H,9,10);;1H2/q;;;+1;/p-1. The Kier molecular flexibility index (Phi) is 15.1. The molecular weight excluding hydrogens is 451 g/mol. The zero-order valence-corrected chi connectivity index (χ0v) is 19.8. The van der Waals surface area contributed by atoms with Crippen molar-refractivity contribution in [3.8, 4) is 17.2 Å². The van der Waals surface area contributed by atoms with Crippen LogP contribution in [0, 0.1) is 0 Å². The molecule has 0 fully saturated rings. The van der Waals surface area contributed by atoms with Crippen molar-refractivity contribution < 1.29 is 74.6 Å². The molecule has 0 unspecified atom stereocenters. The third-order valence-corrected chi connectivity index (χ3v) is 3.39. The van der Waals surface area contributed by atoms with Crippen molar-refractivity contribution in [3.63, 3.8) is 0 Å². The van der Waals surface area contributed by atoms with Gasteiger partial charge >= 0.3 is 41.5 Å². The van der Waals surface area contributed by atoms with Gasteiger partial charge in [-0.15, -0.1) is 0 Å². The summed E-state index contributed by atoms with van der Waals surface area (Å²) < 4.78 is 0. The number of carbonyl (C=O) groups is 3. The van der Waals surface area contributed by atoms with Gasteiger partial charge < -0.3 is 35.4 Å². The molecule has 0 spiro atoms. The first-order valence-corrected chi connectivity index (χ1v) is 8.17. The van der Waals surface area contributed by atoms with E-state index in [2.05, 4.69) is 0 Å². The largest absolute Gasteiger partial charge is 1.00 e. The van der Waals surface area contributed by atoms with E-state index >= 15 is 0 Å². The topological polar surface area (TPSA) is 175 Å². The number of phenols is 3. The summed E-state index contributed by atoms with van der Waals surface area (Å²) >= 11 is 0. The Balaban J connectivity index is 0. The van der Waals surface area contributed by atoms with Crippen LogP contribution >= 0.6 is 13.5 Å². The first kappa shape index (κ1) is 31.0. The average molecular weight is 470 g/mol. The van der Waals surface area contributed by atoms with Crippen molar-refractivity contribution in [2.75, 3.05) is 0 Å². The maximum absolute atomic E-state index is 10.3. The average Bonchev–Trinajstić information content (AvgIpc) is 2.69. The molecule has 5 N–H and O–H groups in total.